The second kappa shape index (κ2) is 6.84. The van der Waals surface area contributed by atoms with Crippen molar-refractivity contribution in [1.82, 2.24) is 14.9 Å². The summed E-state index contributed by atoms with van der Waals surface area (Å²) >= 11 is 5.75. The fraction of sp³-hybridized carbons (Fsp3) is 0.417. The van der Waals surface area contributed by atoms with E-state index in [9.17, 15) is 0 Å². The quantitative estimate of drug-likeness (QED) is 0.850. The largest absolute Gasteiger partial charge is 0.341 e. The Morgan fingerprint density at radius 1 is 1.35 bits per heavy atom. The van der Waals surface area contributed by atoms with Gasteiger partial charge in [-0.25, -0.2) is 4.98 Å². The predicted molar refractivity (Wildman–Crippen MR) is 75.0 cm³/mol. The number of halogens is 2. The lowest BCUT2D eigenvalue weighted by atomic mass is 10.3. The predicted octanol–water partition coefficient (Wildman–Crippen LogP) is 3.05. The smallest absolute Gasteiger partial charge is 0.121 e. The first kappa shape index (κ1) is 14.3. The molecule has 0 radical (unpaired) electrons. The van der Waals surface area contributed by atoms with Gasteiger partial charge in [-0.1, -0.05) is 19.1 Å². The molecule has 0 saturated carbocycles. The van der Waals surface area contributed by atoms with Crippen LogP contribution < -0.4 is 0 Å². The molecule has 94 valence electrons. The second-order valence-electron chi connectivity index (χ2n) is 3.76. The Bertz CT molecular complexity index is 423. The number of hydrogen-bond donors (Lipinski definition) is 1. The molecular formula is C12H17Cl2N3. The van der Waals surface area contributed by atoms with Gasteiger partial charge < -0.3 is 4.98 Å². The molecule has 0 bridgehead atoms. The number of para-hydroxylation sites is 2. The molecule has 1 heterocycles. The van der Waals surface area contributed by atoms with Crippen LogP contribution >= 0.6 is 24.0 Å². The Morgan fingerprint density at radius 3 is 2.76 bits per heavy atom. The van der Waals surface area contributed by atoms with Crippen LogP contribution in [0.4, 0.5) is 0 Å². The van der Waals surface area contributed by atoms with Crippen LogP contribution in [0.3, 0.4) is 0 Å². The number of hydrogen-bond acceptors (Lipinski definition) is 2. The van der Waals surface area contributed by atoms with Gasteiger partial charge in [-0.3, -0.25) is 4.90 Å². The highest BCUT2D eigenvalue weighted by molar-refractivity contribution is 6.18. The zero-order valence-electron chi connectivity index (χ0n) is 9.82. The third-order valence-corrected chi connectivity index (χ3v) is 2.83. The maximum absolute atomic E-state index is 5.75. The molecule has 0 unspecified atom stereocenters. The molecule has 3 nitrogen and oxygen atoms in total. The van der Waals surface area contributed by atoms with Gasteiger partial charge in [-0.2, -0.15) is 0 Å². The summed E-state index contributed by atoms with van der Waals surface area (Å²) in [4.78, 5) is 10.1. The molecular weight excluding hydrogens is 257 g/mol. The molecule has 0 fully saturated rings. The number of aromatic amines is 1. The number of rotatable bonds is 5. The second-order valence-corrected chi connectivity index (χ2v) is 4.14. The zero-order valence-corrected chi connectivity index (χ0v) is 11.4. The molecule has 0 aliphatic heterocycles. The van der Waals surface area contributed by atoms with Crippen LogP contribution in [0.25, 0.3) is 11.0 Å². The third-order valence-electron chi connectivity index (χ3n) is 2.66. The summed E-state index contributed by atoms with van der Waals surface area (Å²) in [6.07, 6.45) is 0. The minimum Gasteiger partial charge on any atom is -0.341 e. The summed E-state index contributed by atoms with van der Waals surface area (Å²) in [5.41, 5.74) is 2.12. The van der Waals surface area contributed by atoms with Crippen molar-refractivity contribution in [3.8, 4) is 0 Å². The lowest BCUT2D eigenvalue weighted by Crippen LogP contribution is -2.25. The van der Waals surface area contributed by atoms with Gasteiger partial charge in [0.2, 0.25) is 0 Å². The van der Waals surface area contributed by atoms with Crippen LogP contribution in [0.15, 0.2) is 24.3 Å². The molecule has 2 aromatic rings. The van der Waals surface area contributed by atoms with E-state index in [1.165, 1.54) is 0 Å². The number of fused-ring (bicyclic) bond motifs is 1. The summed E-state index contributed by atoms with van der Waals surface area (Å²) in [6, 6.07) is 8.08. The number of nitrogens with zero attached hydrogens (tertiary/aromatic N) is 2. The van der Waals surface area contributed by atoms with Gasteiger partial charge in [-0.05, 0) is 18.7 Å². The first-order chi connectivity index (χ1) is 7.83. The number of aromatic nitrogens is 2. The van der Waals surface area contributed by atoms with Crippen molar-refractivity contribution in [1.29, 1.82) is 0 Å². The Labute approximate surface area is 113 Å². The molecule has 1 N–H and O–H groups in total. The van der Waals surface area contributed by atoms with E-state index >= 15 is 0 Å². The maximum Gasteiger partial charge on any atom is 0.121 e. The van der Waals surface area contributed by atoms with E-state index in [0.717, 1.165) is 36.5 Å². The van der Waals surface area contributed by atoms with Crippen LogP contribution in [-0.2, 0) is 6.54 Å². The highest BCUT2D eigenvalue weighted by Crippen LogP contribution is 2.11. The third kappa shape index (κ3) is 3.60. The topological polar surface area (TPSA) is 31.9 Å². The van der Waals surface area contributed by atoms with Crippen LogP contribution in [0.1, 0.15) is 12.7 Å². The molecule has 0 spiro atoms. The van der Waals surface area contributed by atoms with Crippen LogP contribution in [0, 0.1) is 0 Å². The number of alkyl halides is 1. The summed E-state index contributed by atoms with van der Waals surface area (Å²) < 4.78 is 0. The van der Waals surface area contributed by atoms with Crippen LogP contribution in [-0.4, -0.2) is 33.8 Å². The standard InChI is InChI=1S/C12H16ClN3.ClH/c1-2-16(8-7-13)9-12-14-10-5-3-4-6-11(10)15-12;/h3-6H,2,7-9H2,1H3,(H,14,15);1H. The Kier molecular flexibility index (Phi) is 5.75. The number of benzene rings is 1. The SMILES string of the molecule is CCN(CCCl)Cc1nc2ccccc2[nH]1.Cl. The fourth-order valence-electron chi connectivity index (χ4n) is 1.76. The summed E-state index contributed by atoms with van der Waals surface area (Å²) in [5, 5.41) is 0. The monoisotopic (exact) mass is 273 g/mol. The minimum atomic E-state index is 0. The average Bonchev–Trinajstić information content (AvgIpc) is 2.70. The van der Waals surface area contributed by atoms with Gasteiger partial charge >= 0.3 is 0 Å². The normalized spacial score (nSPS) is 10.8. The molecule has 0 aliphatic rings. The van der Waals surface area contributed by atoms with Gasteiger partial charge in [0.15, 0.2) is 0 Å². The molecule has 5 heteroatoms. The maximum atomic E-state index is 5.75. The molecule has 17 heavy (non-hydrogen) atoms. The number of imidazole rings is 1. The summed E-state index contributed by atoms with van der Waals surface area (Å²) in [5.74, 6) is 1.67. The highest BCUT2D eigenvalue weighted by Gasteiger charge is 2.06. The molecule has 0 aliphatic carbocycles. The van der Waals surface area contributed by atoms with E-state index in [1.807, 2.05) is 24.3 Å². The molecule has 0 saturated heterocycles. The van der Waals surface area contributed by atoms with Crippen molar-refractivity contribution >= 4 is 35.0 Å². The molecule has 1 aromatic heterocycles. The van der Waals surface area contributed by atoms with E-state index in [0.29, 0.717) is 5.88 Å². The van der Waals surface area contributed by atoms with Gasteiger partial charge in [0.25, 0.3) is 0 Å². The van der Waals surface area contributed by atoms with E-state index in [-0.39, 0.29) is 12.4 Å². The van der Waals surface area contributed by atoms with Crippen LogP contribution in [0.5, 0.6) is 0 Å². The van der Waals surface area contributed by atoms with E-state index < -0.39 is 0 Å². The van der Waals surface area contributed by atoms with E-state index in [1.54, 1.807) is 0 Å². The van der Waals surface area contributed by atoms with Crippen LogP contribution in [0.2, 0.25) is 0 Å². The minimum absolute atomic E-state index is 0. The van der Waals surface area contributed by atoms with Crippen molar-refractivity contribution in [2.75, 3.05) is 19.0 Å². The Balaban J connectivity index is 0.00000144. The van der Waals surface area contributed by atoms with Crippen molar-refractivity contribution in [2.24, 2.45) is 0 Å². The van der Waals surface area contributed by atoms with Crippen molar-refractivity contribution < 1.29 is 0 Å². The van der Waals surface area contributed by atoms with Gasteiger partial charge in [-0.15, -0.1) is 24.0 Å². The van der Waals surface area contributed by atoms with Gasteiger partial charge in [0.05, 0.1) is 17.6 Å². The first-order valence-corrected chi connectivity index (χ1v) is 6.09. The Morgan fingerprint density at radius 2 is 2.12 bits per heavy atom. The number of H-pyrrole nitrogens is 1. The number of nitrogens with one attached hydrogen (secondary N) is 1. The fourth-order valence-corrected chi connectivity index (χ4v) is 2.00. The summed E-state index contributed by atoms with van der Waals surface area (Å²) in [6.45, 7) is 4.85. The zero-order chi connectivity index (χ0) is 11.4. The van der Waals surface area contributed by atoms with Crippen molar-refractivity contribution in [3.05, 3.63) is 30.1 Å². The first-order valence-electron chi connectivity index (χ1n) is 5.55. The van der Waals surface area contributed by atoms with E-state index in [4.69, 9.17) is 11.6 Å². The molecule has 0 amide bonds. The van der Waals surface area contributed by atoms with Crippen molar-refractivity contribution in [2.45, 2.75) is 13.5 Å². The molecule has 1 aromatic carbocycles. The lowest BCUT2D eigenvalue weighted by molar-refractivity contribution is 0.291. The summed E-state index contributed by atoms with van der Waals surface area (Å²) in [7, 11) is 0. The van der Waals surface area contributed by atoms with Crippen molar-refractivity contribution in [3.63, 3.8) is 0 Å². The average molecular weight is 274 g/mol. The van der Waals surface area contributed by atoms with Gasteiger partial charge in [0.1, 0.15) is 5.82 Å². The molecule has 2 rings (SSSR count). The van der Waals surface area contributed by atoms with Gasteiger partial charge in [0, 0.05) is 12.4 Å². The molecule has 0 atom stereocenters. The highest BCUT2D eigenvalue weighted by atomic mass is 35.5. The lowest BCUT2D eigenvalue weighted by Gasteiger charge is -2.16. The van der Waals surface area contributed by atoms with E-state index in [2.05, 4.69) is 21.8 Å². The Hall–Kier alpha value is -0.770.